The fourth-order valence-electron chi connectivity index (χ4n) is 2.83. The van der Waals surface area contributed by atoms with Crippen LogP contribution in [0.1, 0.15) is 34.7 Å². The molecule has 0 spiro atoms. The van der Waals surface area contributed by atoms with E-state index in [-0.39, 0.29) is 17.2 Å². The minimum absolute atomic E-state index is 0.00703. The van der Waals surface area contributed by atoms with Gasteiger partial charge in [-0.15, -0.1) is 0 Å². The maximum absolute atomic E-state index is 12.3. The third kappa shape index (κ3) is 4.64. The molecule has 2 aromatic carbocycles. The summed E-state index contributed by atoms with van der Waals surface area (Å²) in [6, 6.07) is 6.67. The molecule has 2 aromatic rings. The van der Waals surface area contributed by atoms with Gasteiger partial charge in [0.25, 0.3) is 5.91 Å². The van der Waals surface area contributed by atoms with E-state index < -0.39 is 11.5 Å². The number of carbonyl (C=O) groups excluding carboxylic acids is 1. The molecule has 28 heavy (non-hydrogen) atoms. The summed E-state index contributed by atoms with van der Waals surface area (Å²) in [5.74, 6) is -0.315. The first-order valence-electron chi connectivity index (χ1n) is 9.04. The van der Waals surface area contributed by atoms with Crippen molar-refractivity contribution in [1.82, 2.24) is 5.32 Å². The standard InChI is InChI=1S/C22H27NO5/c1-13-14(2)20(26)18(15(3)19(13)25)9-11-22(4,28)21(27)23-12-10-16-5-7-17(24)8-6-16/h5-9,11,24-26,28H,10,12H2,1-4H3,(H,23,27). The van der Waals surface area contributed by atoms with Crippen molar-refractivity contribution in [3.05, 3.63) is 58.2 Å². The second-order valence-corrected chi connectivity index (χ2v) is 7.14. The number of phenols is 3. The molecule has 0 saturated heterocycles. The molecule has 0 aliphatic carbocycles. The Morgan fingerprint density at radius 3 is 2.18 bits per heavy atom. The summed E-state index contributed by atoms with van der Waals surface area (Å²) < 4.78 is 0. The van der Waals surface area contributed by atoms with Gasteiger partial charge in [-0.3, -0.25) is 4.79 Å². The quantitative estimate of drug-likeness (QED) is 0.491. The molecule has 2 rings (SSSR count). The van der Waals surface area contributed by atoms with Gasteiger partial charge in [-0.05, 0) is 69.0 Å². The number of nitrogens with one attached hydrogen (secondary N) is 1. The highest BCUT2D eigenvalue weighted by Crippen LogP contribution is 2.37. The number of hydrogen-bond acceptors (Lipinski definition) is 5. The van der Waals surface area contributed by atoms with Crippen LogP contribution in [0.3, 0.4) is 0 Å². The topological polar surface area (TPSA) is 110 Å². The van der Waals surface area contributed by atoms with E-state index >= 15 is 0 Å². The van der Waals surface area contributed by atoms with E-state index in [2.05, 4.69) is 5.32 Å². The van der Waals surface area contributed by atoms with Crippen molar-refractivity contribution in [2.45, 2.75) is 39.7 Å². The Hall–Kier alpha value is -2.99. The zero-order valence-corrected chi connectivity index (χ0v) is 16.6. The van der Waals surface area contributed by atoms with Gasteiger partial charge in [-0.2, -0.15) is 0 Å². The van der Waals surface area contributed by atoms with E-state index in [1.807, 2.05) is 0 Å². The molecule has 150 valence electrons. The van der Waals surface area contributed by atoms with Gasteiger partial charge in [0.05, 0.1) is 0 Å². The Balaban J connectivity index is 2.08. The molecular weight excluding hydrogens is 358 g/mol. The lowest BCUT2D eigenvalue weighted by atomic mass is 9.95. The third-order valence-electron chi connectivity index (χ3n) is 4.96. The van der Waals surface area contributed by atoms with Gasteiger partial charge in [0.2, 0.25) is 0 Å². The van der Waals surface area contributed by atoms with E-state index in [0.29, 0.717) is 35.2 Å². The van der Waals surface area contributed by atoms with Crippen LogP contribution in [0.2, 0.25) is 0 Å². The Kier molecular flexibility index (Phi) is 6.36. The van der Waals surface area contributed by atoms with E-state index in [0.717, 1.165) is 5.56 Å². The summed E-state index contributed by atoms with van der Waals surface area (Å²) in [5.41, 5.74) is 1.12. The highest BCUT2D eigenvalue weighted by molar-refractivity contribution is 5.88. The minimum atomic E-state index is -1.79. The van der Waals surface area contributed by atoms with Crippen LogP contribution in [0.15, 0.2) is 30.3 Å². The monoisotopic (exact) mass is 385 g/mol. The molecule has 6 heteroatoms. The van der Waals surface area contributed by atoms with Crippen molar-refractivity contribution < 1.29 is 25.2 Å². The maximum Gasteiger partial charge on any atom is 0.255 e. The third-order valence-corrected chi connectivity index (χ3v) is 4.96. The van der Waals surface area contributed by atoms with Crippen molar-refractivity contribution in [3.8, 4) is 17.2 Å². The van der Waals surface area contributed by atoms with Crippen LogP contribution in [0.5, 0.6) is 17.2 Å². The van der Waals surface area contributed by atoms with Crippen LogP contribution in [-0.2, 0) is 11.2 Å². The number of phenolic OH excluding ortho intramolecular Hbond substituents is 3. The van der Waals surface area contributed by atoms with Crippen molar-refractivity contribution in [3.63, 3.8) is 0 Å². The van der Waals surface area contributed by atoms with E-state index in [1.54, 1.807) is 45.0 Å². The Morgan fingerprint density at radius 2 is 1.57 bits per heavy atom. The fourth-order valence-corrected chi connectivity index (χ4v) is 2.83. The number of hydrogen-bond donors (Lipinski definition) is 5. The molecule has 5 N–H and O–H groups in total. The largest absolute Gasteiger partial charge is 0.508 e. The zero-order valence-electron chi connectivity index (χ0n) is 16.6. The van der Waals surface area contributed by atoms with Crippen LogP contribution < -0.4 is 5.32 Å². The van der Waals surface area contributed by atoms with Gasteiger partial charge in [0, 0.05) is 17.7 Å². The Labute approximate surface area is 164 Å². The molecule has 0 aromatic heterocycles. The molecule has 0 saturated carbocycles. The predicted octanol–water partition coefficient (Wildman–Crippen LogP) is 2.85. The molecule has 0 aliphatic heterocycles. The molecule has 1 atom stereocenters. The van der Waals surface area contributed by atoms with Crippen LogP contribution in [0, 0.1) is 20.8 Å². The molecule has 0 fully saturated rings. The second-order valence-electron chi connectivity index (χ2n) is 7.14. The van der Waals surface area contributed by atoms with Gasteiger partial charge < -0.3 is 25.7 Å². The first kappa shape index (κ1) is 21.3. The summed E-state index contributed by atoms with van der Waals surface area (Å²) in [6.07, 6.45) is 3.28. The average Bonchev–Trinajstić information content (AvgIpc) is 2.66. The fraction of sp³-hybridized carbons (Fsp3) is 0.318. The molecule has 1 amide bonds. The highest BCUT2D eigenvalue weighted by atomic mass is 16.3. The van der Waals surface area contributed by atoms with Gasteiger partial charge >= 0.3 is 0 Å². The summed E-state index contributed by atoms with van der Waals surface area (Å²) in [4.78, 5) is 12.3. The first-order valence-corrected chi connectivity index (χ1v) is 9.04. The highest BCUT2D eigenvalue weighted by Gasteiger charge is 2.27. The lowest BCUT2D eigenvalue weighted by Gasteiger charge is -2.19. The van der Waals surface area contributed by atoms with Gasteiger partial charge in [0.15, 0.2) is 5.60 Å². The Bertz CT molecular complexity index is 869. The normalized spacial score (nSPS) is 13.5. The van der Waals surface area contributed by atoms with Crippen molar-refractivity contribution in [1.29, 1.82) is 0 Å². The summed E-state index contributed by atoms with van der Waals surface area (Å²) in [6.45, 7) is 6.74. The van der Waals surface area contributed by atoms with Gasteiger partial charge in [-0.1, -0.05) is 18.2 Å². The molecular formula is C22H27NO5. The summed E-state index contributed by atoms with van der Waals surface area (Å²) in [5, 5.41) is 42.9. The number of aliphatic hydroxyl groups is 1. The maximum atomic E-state index is 12.3. The van der Waals surface area contributed by atoms with Crippen molar-refractivity contribution in [2.24, 2.45) is 0 Å². The lowest BCUT2D eigenvalue weighted by molar-refractivity contribution is -0.133. The van der Waals surface area contributed by atoms with Crippen LogP contribution >= 0.6 is 0 Å². The molecule has 1 unspecified atom stereocenters. The number of carbonyl (C=O) groups is 1. The second kappa shape index (κ2) is 8.35. The van der Waals surface area contributed by atoms with Gasteiger partial charge in [-0.25, -0.2) is 0 Å². The average molecular weight is 385 g/mol. The number of benzene rings is 2. The van der Waals surface area contributed by atoms with Crippen molar-refractivity contribution >= 4 is 12.0 Å². The number of rotatable bonds is 6. The van der Waals surface area contributed by atoms with E-state index in [1.165, 1.54) is 19.1 Å². The molecule has 0 heterocycles. The molecule has 0 aliphatic rings. The van der Waals surface area contributed by atoms with Crippen LogP contribution in [0.4, 0.5) is 0 Å². The van der Waals surface area contributed by atoms with Crippen LogP contribution in [0.25, 0.3) is 6.08 Å². The molecule has 0 radical (unpaired) electrons. The minimum Gasteiger partial charge on any atom is -0.508 e. The molecule has 0 bridgehead atoms. The van der Waals surface area contributed by atoms with E-state index in [4.69, 9.17) is 0 Å². The predicted molar refractivity (Wildman–Crippen MR) is 108 cm³/mol. The Morgan fingerprint density at radius 1 is 1.00 bits per heavy atom. The van der Waals surface area contributed by atoms with Crippen molar-refractivity contribution in [2.75, 3.05) is 6.54 Å². The lowest BCUT2D eigenvalue weighted by Crippen LogP contribution is -2.43. The van der Waals surface area contributed by atoms with Gasteiger partial charge in [0.1, 0.15) is 17.2 Å². The molecule has 6 nitrogen and oxygen atoms in total. The van der Waals surface area contributed by atoms with E-state index in [9.17, 15) is 25.2 Å². The summed E-state index contributed by atoms with van der Waals surface area (Å²) in [7, 11) is 0. The smallest absolute Gasteiger partial charge is 0.255 e. The number of amides is 1. The number of aromatic hydroxyl groups is 3. The SMILES string of the molecule is Cc1c(C)c(O)c(C=CC(C)(O)C(=O)NCCc2ccc(O)cc2)c(C)c1O. The summed E-state index contributed by atoms with van der Waals surface area (Å²) >= 11 is 0. The zero-order chi connectivity index (χ0) is 21.1. The first-order chi connectivity index (χ1) is 13.0. The van der Waals surface area contributed by atoms with Crippen LogP contribution in [-0.4, -0.2) is 38.5 Å².